The molecule has 1 aliphatic heterocycles. The molecule has 0 saturated carbocycles. The van der Waals surface area contributed by atoms with Gasteiger partial charge in [0.1, 0.15) is 0 Å². The summed E-state index contributed by atoms with van der Waals surface area (Å²) in [6.07, 6.45) is -0.0847. The number of carbonyl (C=O) groups excluding carboxylic acids is 1. The van der Waals surface area contributed by atoms with Crippen LogP contribution < -0.4 is 0 Å². The van der Waals surface area contributed by atoms with Crippen LogP contribution in [0.4, 0.5) is 0 Å². The molecule has 0 spiro atoms. The Balaban J connectivity index is 2.16. The number of carboxylic acid groups (broad SMARTS) is 1. The summed E-state index contributed by atoms with van der Waals surface area (Å²) in [6, 6.07) is 1.14. The van der Waals surface area contributed by atoms with Crippen LogP contribution in [-0.2, 0) is 4.74 Å². The first-order valence-electron chi connectivity index (χ1n) is 5.95. The molecule has 0 aromatic carbocycles. The van der Waals surface area contributed by atoms with E-state index >= 15 is 0 Å². The molecule has 1 unspecified atom stereocenters. The van der Waals surface area contributed by atoms with Crippen LogP contribution in [0.25, 0.3) is 0 Å². The average molecular weight is 268 g/mol. The van der Waals surface area contributed by atoms with E-state index in [1.165, 1.54) is 0 Å². The average Bonchev–Trinajstić information content (AvgIpc) is 2.74. The molecule has 1 aliphatic rings. The fourth-order valence-corrected chi connectivity index (χ4v) is 2.25. The van der Waals surface area contributed by atoms with Crippen LogP contribution in [0.2, 0.25) is 0 Å². The molecule has 1 fully saturated rings. The van der Waals surface area contributed by atoms with E-state index in [9.17, 15) is 9.59 Å². The zero-order valence-electron chi connectivity index (χ0n) is 11.0. The van der Waals surface area contributed by atoms with Crippen molar-refractivity contribution >= 4 is 11.9 Å². The molecule has 0 aliphatic carbocycles. The van der Waals surface area contributed by atoms with Gasteiger partial charge in [-0.15, -0.1) is 0 Å². The minimum Gasteiger partial charge on any atom is -0.475 e. The Morgan fingerprint density at radius 3 is 2.74 bits per heavy atom. The second-order valence-electron chi connectivity index (χ2n) is 5.26. The van der Waals surface area contributed by atoms with Crippen molar-refractivity contribution < 1.29 is 24.0 Å². The zero-order valence-corrected chi connectivity index (χ0v) is 11.0. The zero-order chi connectivity index (χ0) is 14.2. The van der Waals surface area contributed by atoms with Crippen molar-refractivity contribution in [2.45, 2.75) is 32.5 Å². The number of morpholine rings is 1. The lowest BCUT2D eigenvalue weighted by molar-refractivity contribution is -0.119. The van der Waals surface area contributed by atoms with Crippen LogP contribution >= 0.6 is 0 Å². The SMILES string of the molecule is CC1CN(C(=O)c2cc(C(=O)O)on2)CC(C)(C)O1. The Morgan fingerprint density at radius 1 is 1.53 bits per heavy atom. The second kappa shape index (κ2) is 4.65. The van der Waals surface area contributed by atoms with Gasteiger partial charge in [-0.3, -0.25) is 4.79 Å². The number of hydrogen-bond acceptors (Lipinski definition) is 5. The lowest BCUT2D eigenvalue weighted by Crippen LogP contribution is -2.53. The third-order valence-electron chi connectivity index (χ3n) is 2.80. The van der Waals surface area contributed by atoms with Gasteiger partial charge in [-0.2, -0.15) is 0 Å². The van der Waals surface area contributed by atoms with Crippen molar-refractivity contribution in [3.63, 3.8) is 0 Å². The fraction of sp³-hybridized carbons (Fsp3) is 0.583. The number of hydrogen-bond donors (Lipinski definition) is 1. The smallest absolute Gasteiger partial charge is 0.374 e. The molecule has 1 N–H and O–H groups in total. The summed E-state index contributed by atoms with van der Waals surface area (Å²) in [5, 5.41) is 12.2. The minimum atomic E-state index is -1.25. The van der Waals surface area contributed by atoms with E-state index in [4.69, 9.17) is 9.84 Å². The summed E-state index contributed by atoms with van der Waals surface area (Å²) in [5.74, 6) is -1.94. The van der Waals surface area contributed by atoms with E-state index in [0.717, 1.165) is 6.07 Å². The van der Waals surface area contributed by atoms with E-state index in [0.29, 0.717) is 13.1 Å². The highest BCUT2D eigenvalue weighted by Gasteiger charge is 2.35. The maximum Gasteiger partial charge on any atom is 0.374 e. The van der Waals surface area contributed by atoms with Crippen molar-refractivity contribution in [3.05, 3.63) is 17.5 Å². The van der Waals surface area contributed by atoms with Gasteiger partial charge in [-0.25, -0.2) is 4.79 Å². The standard InChI is InChI=1S/C12H16N2O5/c1-7-5-14(6-12(2,3)18-7)10(15)8-4-9(11(16)17)19-13-8/h4,7H,5-6H2,1-3H3,(H,16,17). The summed E-state index contributed by atoms with van der Waals surface area (Å²) < 4.78 is 10.3. The summed E-state index contributed by atoms with van der Waals surface area (Å²) in [7, 11) is 0. The van der Waals surface area contributed by atoms with Crippen molar-refractivity contribution in [2.24, 2.45) is 0 Å². The molecule has 1 aromatic heterocycles. The molecule has 7 nitrogen and oxygen atoms in total. The quantitative estimate of drug-likeness (QED) is 0.860. The third-order valence-corrected chi connectivity index (χ3v) is 2.80. The van der Waals surface area contributed by atoms with Gasteiger partial charge >= 0.3 is 5.97 Å². The van der Waals surface area contributed by atoms with E-state index in [1.54, 1.807) is 4.90 Å². The monoisotopic (exact) mass is 268 g/mol. The largest absolute Gasteiger partial charge is 0.475 e. The van der Waals surface area contributed by atoms with E-state index < -0.39 is 11.6 Å². The van der Waals surface area contributed by atoms with Crippen molar-refractivity contribution in [1.29, 1.82) is 0 Å². The first-order chi connectivity index (χ1) is 8.78. The Labute approximate surface area is 110 Å². The molecule has 7 heteroatoms. The molecular weight excluding hydrogens is 252 g/mol. The summed E-state index contributed by atoms with van der Waals surface area (Å²) in [5.41, 5.74) is -0.436. The molecule has 1 saturated heterocycles. The number of rotatable bonds is 2. The number of amides is 1. The minimum absolute atomic E-state index is 0.00213. The highest BCUT2D eigenvalue weighted by molar-refractivity contribution is 5.95. The highest BCUT2D eigenvalue weighted by Crippen LogP contribution is 2.22. The van der Waals surface area contributed by atoms with E-state index in [2.05, 4.69) is 9.68 Å². The van der Waals surface area contributed by atoms with Gasteiger partial charge in [0.15, 0.2) is 5.69 Å². The van der Waals surface area contributed by atoms with Crippen LogP contribution in [0, 0.1) is 0 Å². The number of carboxylic acids is 1. The molecule has 0 bridgehead atoms. The molecule has 1 aromatic rings. The van der Waals surface area contributed by atoms with Gasteiger partial charge in [0.25, 0.3) is 5.91 Å². The number of aromatic carboxylic acids is 1. The summed E-state index contributed by atoms with van der Waals surface area (Å²) in [4.78, 5) is 24.5. The van der Waals surface area contributed by atoms with Crippen LogP contribution in [0.1, 0.15) is 41.8 Å². The molecule has 1 atom stereocenters. The van der Waals surface area contributed by atoms with Crippen molar-refractivity contribution in [2.75, 3.05) is 13.1 Å². The first-order valence-corrected chi connectivity index (χ1v) is 5.95. The number of ether oxygens (including phenoxy) is 1. The molecule has 2 heterocycles. The Hall–Kier alpha value is -1.89. The number of aromatic nitrogens is 1. The van der Waals surface area contributed by atoms with E-state index in [-0.39, 0.29) is 23.5 Å². The predicted molar refractivity (Wildman–Crippen MR) is 64.0 cm³/mol. The van der Waals surface area contributed by atoms with Gasteiger partial charge in [0, 0.05) is 19.2 Å². The van der Waals surface area contributed by atoms with E-state index in [1.807, 2.05) is 20.8 Å². The third kappa shape index (κ3) is 2.93. The maximum atomic E-state index is 12.2. The van der Waals surface area contributed by atoms with Gasteiger partial charge in [-0.05, 0) is 20.8 Å². The molecule has 1 amide bonds. The van der Waals surface area contributed by atoms with Crippen molar-refractivity contribution in [1.82, 2.24) is 10.1 Å². The normalized spacial score (nSPS) is 22.3. The lowest BCUT2D eigenvalue weighted by atomic mass is 10.1. The van der Waals surface area contributed by atoms with Gasteiger partial charge in [0.05, 0.1) is 11.7 Å². The molecule has 19 heavy (non-hydrogen) atoms. The van der Waals surface area contributed by atoms with Gasteiger partial charge in [-0.1, -0.05) is 5.16 Å². The number of carbonyl (C=O) groups is 2. The molecule has 0 radical (unpaired) electrons. The fourth-order valence-electron chi connectivity index (χ4n) is 2.25. The number of nitrogens with zero attached hydrogens (tertiary/aromatic N) is 2. The topological polar surface area (TPSA) is 92.9 Å². The Morgan fingerprint density at radius 2 is 2.21 bits per heavy atom. The van der Waals surface area contributed by atoms with Crippen LogP contribution in [0.5, 0.6) is 0 Å². The molecule has 2 rings (SSSR count). The first kappa shape index (κ1) is 13.5. The maximum absolute atomic E-state index is 12.2. The Kier molecular flexibility index (Phi) is 3.32. The van der Waals surface area contributed by atoms with Gasteiger partial charge < -0.3 is 19.3 Å². The Bertz CT molecular complexity index is 508. The molecular formula is C12H16N2O5. The van der Waals surface area contributed by atoms with Crippen molar-refractivity contribution in [3.8, 4) is 0 Å². The second-order valence-corrected chi connectivity index (χ2v) is 5.26. The highest BCUT2D eigenvalue weighted by atomic mass is 16.5. The summed E-state index contributed by atoms with van der Waals surface area (Å²) >= 11 is 0. The van der Waals surface area contributed by atoms with Gasteiger partial charge in [0.2, 0.25) is 5.76 Å². The molecule has 104 valence electrons. The van der Waals surface area contributed by atoms with Crippen LogP contribution in [-0.4, -0.2) is 51.8 Å². The van der Waals surface area contributed by atoms with Crippen LogP contribution in [0.15, 0.2) is 10.6 Å². The lowest BCUT2D eigenvalue weighted by Gasteiger charge is -2.41. The van der Waals surface area contributed by atoms with Crippen LogP contribution in [0.3, 0.4) is 0 Å². The summed E-state index contributed by atoms with van der Waals surface area (Å²) in [6.45, 7) is 6.54. The predicted octanol–water partition coefficient (Wildman–Crippen LogP) is 1.01.